The molecule has 0 aromatic heterocycles. The van der Waals surface area contributed by atoms with Gasteiger partial charge in [-0.25, -0.2) is 13.2 Å². The molecule has 0 saturated heterocycles. The molecule has 0 amide bonds. The van der Waals surface area contributed by atoms with Crippen LogP contribution in [0.15, 0.2) is 24.3 Å². The first kappa shape index (κ1) is 16.0. The second-order valence-electron chi connectivity index (χ2n) is 3.97. The molecule has 1 aromatic rings. The van der Waals surface area contributed by atoms with Gasteiger partial charge in [0, 0.05) is 6.54 Å². The lowest BCUT2D eigenvalue weighted by Crippen LogP contribution is -2.34. The van der Waals surface area contributed by atoms with Crippen molar-refractivity contribution in [1.29, 1.82) is 0 Å². The van der Waals surface area contributed by atoms with Gasteiger partial charge in [-0.1, -0.05) is 6.07 Å². The second-order valence-corrected chi connectivity index (χ2v) is 6.15. The lowest BCUT2D eigenvalue weighted by Gasteiger charge is -2.23. The minimum Gasteiger partial charge on any atom is -0.481 e. The van der Waals surface area contributed by atoms with Crippen molar-refractivity contribution in [3.8, 4) is 0 Å². The van der Waals surface area contributed by atoms with Crippen LogP contribution in [0.2, 0.25) is 0 Å². The van der Waals surface area contributed by atoms with Crippen molar-refractivity contribution in [2.45, 2.75) is 13.3 Å². The Balaban J connectivity index is 3.19. The average molecular weight is 301 g/mol. The van der Waals surface area contributed by atoms with E-state index in [0.29, 0.717) is 0 Å². The molecule has 110 valence electrons. The molecule has 0 heterocycles. The van der Waals surface area contributed by atoms with Crippen LogP contribution in [0.3, 0.4) is 0 Å². The number of rotatable bonds is 7. The third-order valence-corrected chi connectivity index (χ3v) is 4.40. The number of hydrogen-bond acceptors (Lipinski definition) is 4. The average Bonchev–Trinajstić information content (AvgIpc) is 2.38. The first-order chi connectivity index (χ1) is 9.27. The van der Waals surface area contributed by atoms with E-state index in [1.807, 2.05) is 0 Å². The van der Waals surface area contributed by atoms with Crippen LogP contribution in [0, 0.1) is 0 Å². The van der Waals surface area contributed by atoms with Crippen molar-refractivity contribution in [3.63, 3.8) is 0 Å². The van der Waals surface area contributed by atoms with Crippen molar-refractivity contribution >= 4 is 27.6 Å². The van der Waals surface area contributed by atoms with Gasteiger partial charge >= 0.3 is 11.9 Å². The molecule has 0 unspecified atom stereocenters. The molecule has 1 rings (SSSR count). The first-order valence-corrected chi connectivity index (χ1v) is 7.44. The van der Waals surface area contributed by atoms with E-state index in [9.17, 15) is 18.0 Å². The smallest absolute Gasteiger partial charge is 0.335 e. The molecular formula is C12H15NO6S. The normalized spacial score (nSPS) is 11.1. The maximum absolute atomic E-state index is 12.0. The van der Waals surface area contributed by atoms with Crippen LogP contribution in [-0.4, -0.2) is 42.9 Å². The van der Waals surface area contributed by atoms with E-state index in [1.54, 1.807) is 0 Å². The molecule has 1 aromatic carbocycles. The van der Waals surface area contributed by atoms with Crippen molar-refractivity contribution in [2.75, 3.05) is 16.6 Å². The molecule has 0 radical (unpaired) electrons. The molecule has 0 atom stereocenters. The van der Waals surface area contributed by atoms with Crippen LogP contribution < -0.4 is 4.31 Å². The summed E-state index contributed by atoms with van der Waals surface area (Å²) in [5, 5.41) is 17.6. The third kappa shape index (κ3) is 3.95. The summed E-state index contributed by atoms with van der Waals surface area (Å²) in [6.07, 6.45) is -0.365. The quantitative estimate of drug-likeness (QED) is 0.777. The molecule has 20 heavy (non-hydrogen) atoms. The van der Waals surface area contributed by atoms with Gasteiger partial charge in [0.15, 0.2) is 0 Å². The Morgan fingerprint density at radius 1 is 1.25 bits per heavy atom. The number of carboxylic acid groups (broad SMARTS) is 2. The predicted octanol–water partition coefficient (Wildman–Crippen LogP) is 1.02. The van der Waals surface area contributed by atoms with Crippen LogP contribution in [0.5, 0.6) is 0 Å². The standard InChI is InChI=1S/C12H15NO6S/c1-2-20(18,19)13(7-6-11(14)15)10-5-3-4-9(8-10)12(16)17/h3-5,8H,2,6-7H2,1H3,(H,14,15)(H,16,17). The number of aromatic carboxylic acids is 1. The monoisotopic (exact) mass is 301 g/mol. The van der Waals surface area contributed by atoms with Gasteiger partial charge in [-0.15, -0.1) is 0 Å². The molecule has 2 N–H and O–H groups in total. The number of nitrogens with zero attached hydrogens (tertiary/aromatic N) is 1. The molecule has 0 saturated carbocycles. The summed E-state index contributed by atoms with van der Waals surface area (Å²) >= 11 is 0. The van der Waals surface area contributed by atoms with E-state index in [0.717, 1.165) is 4.31 Å². The van der Waals surface area contributed by atoms with Gasteiger partial charge in [0.25, 0.3) is 0 Å². The van der Waals surface area contributed by atoms with Gasteiger partial charge in [-0.2, -0.15) is 0 Å². The zero-order valence-corrected chi connectivity index (χ0v) is 11.6. The summed E-state index contributed by atoms with van der Waals surface area (Å²) in [7, 11) is -3.67. The van der Waals surface area contributed by atoms with Gasteiger partial charge in [0.1, 0.15) is 0 Å². The summed E-state index contributed by atoms with van der Waals surface area (Å²) in [5.74, 6) is -2.51. The highest BCUT2D eigenvalue weighted by molar-refractivity contribution is 7.92. The van der Waals surface area contributed by atoms with Crippen LogP contribution in [-0.2, 0) is 14.8 Å². The number of carboxylic acids is 2. The van der Waals surface area contributed by atoms with Gasteiger partial charge < -0.3 is 10.2 Å². The van der Waals surface area contributed by atoms with Crippen LogP contribution in [0.1, 0.15) is 23.7 Å². The Kier molecular flexibility index (Phi) is 5.09. The molecule has 7 nitrogen and oxygen atoms in total. The number of benzene rings is 1. The summed E-state index contributed by atoms with van der Waals surface area (Å²) in [4.78, 5) is 21.5. The molecule has 0 aliphatic carbocycles. The Labute approximate surface area is 116 Å². The van der Waals surface area contributed by atoms with Crippen molar-refractivity contribution < 1.29 is 28.2 Å². The number of carbonyl (C=O) groups is 2. The van der Waals surface area contributed by atoms with Crippen molar-refractivity contribution in [1.82, 2.24) is 0 Å². The van der Waals surface area contributed by atoms with E-state index in [1.165, 1.54) is 31.2 Å². The lowest BCUT2D eigenvalue weighted by atomic mass is 10.2. The Morgan fingerprint density at radius 2 is 1.90 bits per heavy atom. The van der Waals surface area contributed by atoms with E-state index in [-0.39, 0.29) is 30.0 Å². The number of anilines is 1. The first-order valence-electron chi connectivity index (χ1n) is 5.83. The zero-order chi connectivity index (χ0) is 15.3. The van der Waals surface area contributed by atoms with E-state index >= 15 is 0 Å². The van der Waals surface area contributed by atoms with E-state index in [4.69, 9.17) is 10.2 Å². The van der Waals surface area contributed by atoms with Gasteiger partial charge in [-0.3, -0.25) is 9.10 Å². The lowest BCUT2D eigenvalue weighted by molar-refractivity contribution is -0.136. The molecule has 8 heteroatoms. The van der Waals surface area contributed by atoms with Crippen molar-refractivity contribution in [3.05, 3.63) is 29.8 Å². The van der Waals surface area contributed by atoms with Crippen molar-refractivity contribution in [2.24, 2.45) is 0 Å². The van der Waals surface area contributed by atoms with Crippen LogP contribution in [0.25, 0.3) is 0 Å². The number of hydrogen-bond donors (Lipinski definition) is 2. The number of sulfonamides is 1. The summed E-state index contributed by atoms with van der Waals surface area (Å²) in [5.41, 5.74) is 0.0853. The van der Waals surface area contributed by atoms with E-state index < -0.39 is 22.0 Å². The minimum atomic E-state index is -3.67. The molecule has 0 aliphatic heterocycles. The van der Waals surface area contributed by atoms with Gasteiger partial charge in [-0.05, 0) is 25.1 Å². The molecule has 0 spiro atoms. The summed E-state index contributed by atoms with van der Waals surface area (Å²) < 4.78 is 24.9. The van der Waals surface area contributed by atoms with Gasteiger partial charge in [0.2, 0.25) is 10.0 Å². The highest BCUT2D eigenvalue weighted by Gasteiger charge is 2.22. The SMILES string of the molecule is CCS(=O)(=O)N(CCC(=O)O)c1cccc(C(=O)O)c1. The van der Waals surface area contributed by atoms with E-state index in [2.05, 4.69) is 0 Å². The summed E-state index contributed by atoms with van der Waals surface area (Å²) in [6, 6.07) is 5.39. The topological polar surface area (TPSA) is 112 Å². The van der Waals surface area contributed by atoms with Crippen LogP contribution in [0.4, 0.5) is 5.69 Å². The fourth-order valence-electron chi connectivity index (χ4n) is 1.58. The Hall–Kier alpha value is -2.09. The maximum Gasteiger partial charge on any atom is 0.335 e. The highest BCUT2D eigenvalue weighted by atomic mass is 32.2. The van der Waals surface area contributed by atoms with Crippen LogP contribution >= 0.6 is 0 Å². The fourth-order valence-corrected chi connectivity index (χ4v) is 2.69. The minimum absolute atomic E-state index is 0.0610. The molecular weight excluding hydrogens is 286 g/mol. The summed E-state index contributed by atoms with van der Waals surface area (Å²) in [6.45, 7) is 1.19. The largest absolute Gasteiger partial charge is 0.481 e. The zero-order valence-electron chi connectivity index (χ0n) is 10.8. The molecule has 0 aliphatic rings. The third-order valence-electron chi connectivity index (χ3n) is 2.61. The fraction of sp³-hybridized carbons (Fsp3) is 0.333. The van der Waals surface area contributed by atoms with Gasteiger partial charge in [0.05, 0.1) is 23.4 Å². The predicted molar refractivity (Wildman–Crippen MR) is 72.5 cm³/mol. The number of aliphatic carboxylic acids is 1. The Morgan fingerprint density at radius 3 is 2.40 bits per heavy atom. The second kappa shape index (κ2) is 6.38. The molecule has 0 fully saturated rings. The highest BCUT2D eigenvalue weighted by Crippen LogP contribution is 2.20. The molecule has 0 bridgehead atoms. The maximum atomic E-state index is 12.0. The Bertz CT molecular complexity index is 610.